The molecule has 3 aliphatic rings. The van der Waals surface area contributed by atoms with Crippen molar-refractivity contribution in [1.29, 1.82) is 0 Å². The molecular weight excluding hydrogens is 985 g/mol. The lowest BCUT2D eigenvalue weighted by Gasteiger charge is -2.35. The molecule has 20 nitrogen and oxygen atoms in total. The predicted molar refractivity (Wildman–Crippen MR) is 287 cm³/mol. The molecule has 2 saturated heterocycles. The van der Waals surface area contributed by atoms with Gasteiger partial charge < -0.3 is 35.1 Å². The van der Waals surface area contributed by atoms with Crippen molar-refractivity contribution in [2.24, 2.45) is 0 Å². The molecule has 0 radical (unpaired) electrons. The van der Waals surface area contributed by atoms with Gasteiger partial charge in [0.25, 0.3) is 17.7 Å². The van der Waals surface area contributed by atoms with Gasteiger partial charge >= 0.3 is 0 Å². The van der Waals surface area contributed by atoms with Crippen LogP contribution < -0.4 is 21.3 Å². The normalized spacial score (nSPS) is 15.6. The van der Waals surface area contributed by atoms with Crippen LogP contribution in [0.5, 0.6) is 0 Å². The third-order valence-corrected chi connectivity index (χ3v) is 13.6. The largest absolute Gasteiger partial charge is 0.379 e. The number of unbranched alkanes of at least 4 members (excludes halogenated alkanes) is 4. The molecular formula is C57H66N10O10. The van der Waals surface area contributed by atoms with Gasteiger partial charge in [-0.15, -0.1) is 0 Å². The maximum absolute atomic E-state index is 13.3. The van der Waals surface area contributed by atoms with Gasteiger partial charge in [-0.3, -0.25) is 53.7 Å². The maximum atomic E-state index is 13.3. The number of rotatable bonds is 27. The zero-order chi connectivity index (χ0) is 53.9. The second-order valence-corrected chi connectivity index (χ2v) is 19.2. The molecule has 4 N–H and O–H groups in total. The van der Waals surface area contributed by atoms with Crippen molar-refractivity contribution in [3.8, 4) is 11.3 Å². The first-order chi connectivity index (χ1) is 37.5. The number of hydrogen-bond acceptors (Lipinski definition) is 15. The van der Waals surface area contributed by atoms with Crippen molar-refractivity contribution < 1.29 is 47.8 Å². The summed E-state index contributed by atoms with van der Waals surface area (Å²) in [4.78, 5) is 108. The Morgan fingerprint density at radius 2 is 1.44 bits per heavy atom. The molecule has 0 aliphatic carbocycles. The number of piperidine rings is 1. The van der Waals surface area contributed by atoms with Gasteiger partial charge in [0.15, 0.2) is 0 Å². The van der Waals surface area contributed by atoms with E-state index in [0.29, 0.717) is 82.8 Å². The van der Waals surface area contributed by atoms with E-state index in [1.807, 2.05) is 72.5 Å². The lowest BCUT2D eigenvalue weighted by molar-refractivity contribution is -0.136. The van der Waals surface area contributed by atoms with Crippen LogP contribution in [0.4, 0.5) is 23.0 Å². The van der Waals surface area contributed by atoms with Crippen molar-refractivity contribution in [2.75, 3.05) is 81.8 Å². The number of fused-ring (bicyclic) bond motifs is 1. The van der Waals surface area contributed by atoms with Gasteiger partial charge in [0.2, 0.25) is 29.6 Å². The number of amides is 7. The highest BCUT2D eigenvalue weighted by molar-refractivity contribution is 6.26. The lowest BCUT2D eigenvalue weighted by Crippen LogP contribution is -2.54. The molecule has 7 amide bonds. The Labute approximate surface area is 447 Å². The second kappa shape index (κ2) is 27.8. The zero-order valence-electron chi connectivity index (χ0n) is 43.4. The number of benzene rings is 3. The van der Waals surface area contributed by atoms with Crippen LogP contribution >= 0.6 is 0 Å². The van der Waals surface area contributed by atoms with E-state index in [1.54, 1.807) is 30.7 Å². The number of pyridine rings is 1. The Bertz CT molecular complexity index is 2880. The standard InChI is InChI=1S/C57H66N10O10/c1-39-15-20-43(36-47(39)63-57-59-25-23-45(62-57)42-10-9-24-58-37-42)60-53(71)41-18-16-40(17-19-41)38-65-26-28-66(29-27-65)51(70)14-5-3-7-31-76-33-35-77-34-32-75-30-6-2-4-13-49(68)61-46-12-8-11-44-52(46)56(74)67(55(44)73)48-21-22-50(69)64-54(48)72/h8-12,15-20,23-25,36-37,48H,2-7,13-14,21-22,26-35,38H2,1H3,(H,60,71)(H,61,68)(H,59,62,63)(H,64,69,72). The number of carbonyl (C=O) groups excluding carboxylic acids is 7. The SMILES string of the molecule is Cc1ccc(NC(=O)c2ccc(CN3CCN(C(=O)CCCCCOCCOCCOCCCCCC(=O)Nc4cccc5c4C(=O)N(C4CCC(=O)NC4=O)C5=O)CC3)cc2)cc1Nc1nccc(-c2cccnc2)n1. The first kappa shape index (κ1) is 55.5. The van der Waals surface area contributed by atoms with Crippen LogP contribution in [0.25, 0.3) is 11.3 Å². The fourth-order valence-corrected chi connectivity index (χ4v) is 9.28. The highest BCUT2D eigenvalue weighted by atomic mass is 16.5. The van der Waals surface area contributed by atoms with Crippen LogP contribution in [-0.4, -0.2) is 143 Å². The molecule has 3 aromatic carbocycles. The highest BCUT2D eigenvalue weighted by Gasteiger charge is 2.45. The van der Waals surface area contributed by atoms with E-state index in [2.05, 4.69) is 41.1 Å². The number of nitrogens with zero attached hydrogens (tertiary/aromatic N) is 6. The fraction of sp³-hybridized carbons (Fsp3) is 0.404. The van der Waals surface area contributed by atoms with E-state index in [1.165, 1.54) is 6.07 Å². The van der Waals surface area contributed by atoms with Crippen LogP contribution in [0.15, 0.2) is 97.5 Å². The second-order valence-electron chi connectivity index (χ2n) is 19.2. The van der Waals surface area contributed by atoms with Crippen molar-refractivity contribution in [3.63, 3.8) is 0 Å². The summed E-state index contributed by atoms with van der Waals surface area (Å²) >= 11 is 0. The Morgan fingerprint density at radius 1 is 0.714 bits per heavy atom. The topological polar surface area (TPSA) is 244 Å². The molecule has 0 bridgehead atoms. The third-order valence-electron chi connectivity index (χ3n) is 13.6. The van der Waals surface area contributed by atoms with E-state index in [4.69, 9.17) is 14.2 Å². The van der Waals surface area contributed by atoms with Crippen LogP contribution in [0.2, 0.25) is 0 Å². The average Bonchev–Trinajstić information content (AvgIpc) is 3.69. The summed E-state index contributed by atoms with van der Waals surface area (Å²) in [6, 6.07) is 22.5. The zero-order valence-corrected chi connectivity index (χ0v) is 43.4. The molecule has 2 aromatic heterocycles. The van der Waals surface area contributed by atoms with Crippen LogP contribution in [0, 0.1) is 6.92 Å². The first-order valence-corrected chi connectivity index (χ1v) is 26.4. The molecule has 77 heavy (non-hydrogen) atoms. The smallest absolute Gasteiger partial charge is 0.264 e. The summed E-state index contributed by atoms with van der Waals surface area (Å²) in [5, 5.41) is 11.2. The minimum Gasteiger partial charge on any atom is -0.379 e. The molecule has 20 heteroatoms. The molecule has 3 aliphatic heterocycles. The lowest BCUT2D eigenvalue weighted by atomic mass is 10.0. The highest BCUT2D eigenvalue weighted by Crippen LogP contribution is 2.33. The van der Waals surface area contributed by atoms with Crippen molar-refractivity contribution >= 4 is 64.4 Å². The van der Waals surface area contributed by atoms with Gasteiger partial charge in [-0.1, -0.05) is 37.1 Å². The summed E-state index contributed by atoms with van der Waals surface area (Å²) in [6.07, 6.45) is 10.7. The summed E-state index contributed by atoms with van der Waals surface area (Å²) in [7, 11) is 0. The van der Waals surface area contributed by atoms with E-state index in [0.717, 1.165) is 84.7 Å². The monoisotopic (exact) mass is 1050 g/mol. The number of aryl methyl sites for hydroxylation is 1. The van der Waals surface area contributed by atoms with Gasteiger partial charge in [0.1, 0.15) is 6.04 Å². The Kier molecular flexibility index (Phi) is 20.1. The number of anilines is 4. The summed E-state index contributed by atoms with van der Waals surface area (Å²) in [6.45, 7) is 8.64. The van der Waals surface area contributed by atoms with Crippen molar-refractivity contribution in [1.82, 2.24) is 35.0 Å². The number of piperazine rings is 1. The van der Waals surface area contributed by atoms with Gasteiger partial charge in [-0.25, -0.2) is 9.97 Å². The molecule has 404 valence electrons. The molecule has 2 fully saturated rings. The summed E-state index contributed by atoms with van der Waals surface area (Å²) in [5.41, 5.74) is 6.06. The summed E-state index contributed by atoms with van der Waals surface area (Å²) < 4.78 is 17.0. The molecule has 8 rings (SSSR count). The number of hydrogen-bond donors (Lipinski definition) is 4. The molecule has 5 aromatic rings. The van der Waals surface area contributed by atoms with Gasteiger partial charge in [-0.2, -0.15) is 0 Å². The molecule has 5 heterocycles. The maximum Gasteiger partial charge on any atom is 0.264 e. The minimum atomic E-state index is -1.08. The Balaban J connectivity index is 0.604. The van der Waals surface area contributed by atoms with Crippen LogP contribution in [0.3, 0.4) is 0 Å². The van der Waals surface area contributed by atoms with Crippen molar-refractivity contribution in [3.05, 3.63) is 125 Å². The predicted octanol–water partition coefficient (Wildman–Crippen LogP) is 6.70. The van der Waals surface area contributed by atoms with Crippen LogP contribution in [-0.2, 0) is 39.9 Å². The quantitative estimate of drug-likeness (QED) is 0.0316. The van der Waals surface area contributed by atoms with Crippen LogP contribution in [0.1, 0.15) is 106 Å². The minimum absolute atomic E-state index is 0.0224. The van der Waals surface area contributed by atoms with Gasteiger partial charge in [-0.05, 0) is 105 Å². The van der Waals surface area contributed by atoms with Gasteiger partial charge in [0.05, 0.1) is 48.9 Å². The molecule has 1 atom stereocenters. The van der Waals surface area contributed by atoms with E-state index < -0.39 is 29.7 Å². The van der Waals surface area contributed by atoms with E-state index >= 15 is 0 Å². The number of ether oxygens (including phenoxy) is 3. The number of nitrogens with one attached hydrogen (secondary N) is 4. The molecule has 0 spiro atoms. The fourth-order valence-electron chi connectivity index (χ4n) is 9.28. The number of carbonyl (C=O) groups is 7. The molecule has 1 unspecified atom stereocenters. The number of imide groups is 2. The van der Waals surface area contributed by atoms with Gasteiger partial charge in [0, 0.05) is 106 Å². The van der Waals surface area contributed by atoms with E-state index in [-0.39, 0.29) is 53.8 Å². The van der Waals surface area contributed by atoms with E-state index in [9.17, 15) is 33.6 Å². The Hall–Kier alpha value is -7.78. The summed E-state index contributed by atoms with van der Waals surface area (Å²) in [5.74, 6) is -2.32. The average molecular weight is 1050 g/mol. The van der Waals surface area contributed by atoms with Crippen molar-refractivity contribution in [2.45, 2.75) is 83.7 Å². The number of aromatic nitrogens is 3. The first-order valence-electron chi connectivity index (χ1n) is 26.4. The Morgan fingerprint density at radius 3 is 2.16 bits per heavy atom. The molecule has 0 saturated carbocycles. The third kappa shape index (κ3) is 15.7.